The molecule has 0 atom stereocenters. The van der Waals surface area contributed by atoms with E-state index >= 15 is 0 Å². The molecule has 0 fully saturated rings. The van der Waals surface area contributed by atoms with Gasteiger partial charge in [0.25, 0.3) is 0 Å². The van der Waals surface area contributed by atoms with Crippen LogP contribution < -0.4 is 0 Å². The molecule has 0 aromatic rings. The predicted octanol–water partition coefficient (Wildman–Crippen LogP) is 3.38. The summed E-state index contributed by atoms with van der Waals surface area (Å²) in [5.41, 5.74) is 0. The molecule has 0 saturated heterocycles. The summed E-state index contributed by atoms with van der Waals surface area (Å²) in [7, 11) is 0. The number of alkyl halides is 9. The van der Waals surface area contributed by atoms with E-state index in [9.17, 15) is 39.5 Å². The van der Waals surface area contributed by atoms with Gasteiger partial charge in [0.05, 0.1) is 0 Å². The maximum atomic E-state index is 11.9. The maximum absolute atomic E-state index is 11.9. The zero-order chi connectivity index (χ0) is 16.2. The standard InChI is InChI=1S/3C3F3.CH3.Sn/c3*1-2-3(4,5)6;;/h;;;1H3;. The summed E-state index contributed by atoms with van der Waals surface area (Å²) in [4.78, 5) is 0.727. The molecule has 0 radical (unpaired) electrons. The first-order valence-electron chi connectivity index (χ1n) is 4.45. The fourth-order valence-corrected chi connectivity index (χ4v) is 4.57. The van der Waals surface area contributed by atoms with Crippen molar-refractivity contribution in [2.45, 2.75) is 23.5 Å². The Kier molecular flexibility index (Phi) is 5.74. The average Bonchev–Trinajstić information content (AvgIpc) is 2.18. The monoisotopic (exact) mass is 414 g/mol. The number of hydrogen-bond donors (Lipinski definition) is 0. The van der Waals surface area contributed by atoms with Gasteiger partial charge in [-0.2, -0.15) is 0 Å². The van der Waals surface area contributed by atoms with Crippen LogP contribution in [0.5, 0.6) is 0 Å². The van der Waals surface area contributed by atoms with Gasteiger partial charge in [0.15, 0.2) is 0 Å². The van der Waals surface area contributed by atoms with Gasteiger partial charge in [0.1, 0.15) is 0 Å². The molecule has 0 spiro atoms. The molecule has 0 aromatic heterocycles. The summed E-state index contributed by atoms with van der Waals surface area (Å²) in [6, 6.07) is 0. The van der Waals surface area contributed by atoms with Crippen LogP contribution in [-0.4, -0.2) is 36.9 Å². The number of hydrogen-bond acceptors (Lipinski definition) is 0. The molecule has 0 aliphatic carbocycles. The van der Waals surface area contributed by atoms with E-state index in [1.54, 1.807) is 0 Å². The molecule has 0 aromatic carbocycles. The first kappa shape index (κ1) is 18.8. The molecule has 0 heterocycles. The molecule has 0 bridgehead atoms. The Balaban J connectivity index is 5.71. The molecular weight excluding hydrogens is 410 g/mol. The van der Waals surface area contributed by atoms with E-state index in [4.69, 9.17) is 0 Å². The summed E-state index contributed by atoms with van der Waals surface area (Å²) in [6.45, 7) is 0. The third-order valence-electron chi connectivity index (χ3n) is 1.36. The Bertz CT molecular complexity index is 451. The van der Waals surface area contributed by atoms with Gasteiger partial charge in [-0.1, -0.05) is 0 Å². The molecule has 0 amide bonds. The van der Waals surface area contributed by atoms with Crippen LogP contribution in [0.25, 0.3) is 0 Å². The number of rotatable bonds is 0. The van der Waals surface area contributed by atoms with Gasteiger partial charge in [0, 0.05) is 0 Å². The molecule has 0 unspecified atom stereocenters. The van der Waals surface area contributed by atoms with E-state index in [0.717, 1.165) is 4.94 Å². The average molecular weight is 413 g/mol. The Labute approximate surface area is 111 Å². The summed E-state index contributed by atoms with van der Waals surface area (Å²) in [5.74, 6) is 1.92. The Hall–Kier alpha value is -1.15. The third kappa shape index (κ3) is 10.7. The molecule has 0 aliphatic rings. The molecule has 0 rings (SSSR count). The van der Waals surface area contributed by atoms with Gasteiger partial charge in [0.2, 0.25) is 0 Å². The zero-order valence-electron chi connectivity index (χ0n) is 9.40. The second-order valence-corrected chi connectivity index (χ2v) is 11.9. The fraction of sp³-hybridized carbons (Fsp3) is 0.400. The number of halogens is 9. The zero-order valence-corrected chi connectivity index (χ0v) is 12.3. The van der Waals surface area contributed by atoms with E-state index in [-0.39, 0.29) is 0 Å². The quantitative estimate of drug-likeness (QED) is 0.325. The molecule has 0 saturated carbocycles. The van der Waals surface area contributed by atoms with E-state index in [1.165, 1.54) is 11.8 Å². The first-order valence-corrected chi connectivity index (χ1v) is 11.6. The van der Waals surface area contributed by atoms with Crippen molar-refractivity contribution in [3.05, 3.63) is 0 Å². The summed E-state index contributed by atoms with van der Waals surface area (Å²) < 4.78 is 111. The van der Waals surface area contributed by atoms with Crippen molar-refractivity contribution in [3.63, 3.8) is 0 Å². The van der Waals surface area contributed by atoms with Gasteiger partial charge >= 0.3 is 111 Å². The van der Waals surface area contributed by atoms with Crippen molar-refractivity contribution >= 4 is 18.4 Å². The fourth-order valence-electron chi connectivity index (χ4n) is 0.681. The second kappa shape index (κ2) is 6.09. The van der Waals surface area contributed by atoms with Gasteiger partial charge in [-0.3, -0.25) is 0 Å². The molecule has 110 valence electrons. The van der Waals surface area contributed by atoms with Crippen LogP contribution in [0.2, 0.25) is 4.94 Å². The van der Waals surface area contributed by atoms with Crippen LogP contribution >= 0.6 is 0 Å². The van der Waals surface area contributed by atoms with Crippen molar-refractivity contribution in [1.82, 2.24) is 0 Å². The molecule has 0 aliphatic heterocycles. The van der Waals surface area contributed by atoms with Crippen LogP contribution in [0.1, 0.15) is 0 Å². The summed E-state index contributed by atoms with van der Waals surface area (Å²) in [5, 5.41) is 0. The van der Waals surface area contributed by atoms with Crippen molar-refractivity contribution in [3.8, 4) is 29.6 Å². The Morgan fingerprint density at radius 3 is 0.900 bits per heavy atom. The third-order valence-corrected chi connectivity index (χ3v) is 6.71. The second-order valence-electron chi connectivity index (χ2n) is 3.37. The molecule has 0 nitrogen and oxygen atoms in total. The van der Waals surface area contributed by atoms with Crippen LogP contribution in [0.3, 0.4) is 0 Å². The van der Waals surface area contributed by atoms with Gasteiger partial charge < -0.3 is 0 Å². The molecule has 0 N–H and O–H groups in total. The van der Waals surface area contributed by atoms with Gasteiger partial charge in [-0.25, -0.2) is 0 Å². The molecular formula is C10H3F9Sn. The van der Waals surface area contributed by atoms with Crippen LogP contribution in [0.15, 0.2) is 0 Å². The van der Waals surface area contributed by atoms with Crippen molar-refractivity contribution < 1.29 is 39.5 Å². The molecule has 20 heavy (non-hydrogen) atoms. The first-order chi connectivity index (χ1) is 8.62. The van der Waals surface area contributed by atoms with Crippen LogP contribution in [-0.2, 0) is 0 Å². The predicted molar refractivity (Wildman–Crippen MR) is 53.1 cm³/mol. The van der Waals surface area contributed by atoms with E-state index in [1.807, 2.05) is 0 Å². The van der Waals surface area contributed by atoms with Crippen LogP contribution in [0, 0.1) is 29.6 Å². The van der Waals surface area contributed by atoms with Crippen molar-refractivity contribution in [1.29, 1.82) is 0 Å². The normalized spacial score (nSPS) is 12.3. The van der Waals surface area contributed by atoms with Crippen molar-refractivity contribution in [2.75, 3.05) is 0 Å². The minimum atomic E-state index is -5.14. The van der Waals surface area contributed by atoms with E-state index in [2.05, 4.69) is 0 Å². The summed E-state index contributed by atoms with van der Waals surface area (Å²) >= 11 is -5.14. The Morgan fingerprint density at radius 1 is 0.550 bits per heavy atom. The minimum absolute atomic E-state index is 0.639. The Morgan fingerprint density at radius 2 is 0.750 bits per heavy atom. The summed E-state index contributed by atoms with van der Waals surface area (Å²) in [6.07, 6.45) is -15.1. The van der Waals surface area contributed by atoms with E-state index < -0.39 is 36.9 Å². The van der Waals surface area contributed by atoms with E-state index in [0.29, 0.717) is 17.8 Å². The SMILES string of the molecule is [CH3][Sn]([C]#CC(F)(F)F)([C]#CC(F)(F)F)[C]#CC(F)(F)F. The van der Waals surface area contributed by atoms with Gasteiger partial charge in [-0.15, -0.1) is 0 Å². The molecule has 10 heteroatoms. The topological polar surface area (TPSA) is 0 Å². The van der Waals surface area contributed by atoms with Gasteiger partial charge in [-0.05, 0) is 0 Å². The van der Waals surface area contributed by atoms with Crippen LogP contribution in [0.4, 0.5) is 39.5 Å². The van der Waals surface area contributed by atoms with Crippen molar-refractivity contribution in [2.24, 2.45) is 0 Å².